The van der Waals surface area contributed by atoms with Crippen molar-refractivity contribution >= 4 is 5.91 Å². The Morgan fingerprint density at radius 3 is 3.00 bits per heavy atom. The summed E-state index contributed by atoms with van der Waals surface area (Å²) >= 11 is 0. The van der Waals surface area contributed by atoms with E-state index in [2.05, 4.69) is 15.2 Å². The van der Waals surface area contributed by atoms with E-state index >= 15 is 0 Å². The number of aryl methyl sites for hydroxylation is 1. The summed E-state index contributed by atoms with van der Waals surface area (Å²) in [6, 6.07) is 2.14. The van der Waals surface area contributed by atoms with E-state index in [-0.39, 0.29) is 17.9 Å². The molecule has 0 aromatic carbocycles. The molecule has 3 rings (SSSR count). The number of carbonyl (C=O) groups is 1. The van der Waals surface area contributed by atoms with Gasteiger partial charge in [-0.1, -0.05) is 19.0 Å². The summed E-state index contributed by atoms with van der Waals surface area (Å²) < 4.78 is 7.14. The Morgan fingerprint density at radius 2 is 2.29 bits per heavy atom. The standard InChI is InChI=1S/C17H25N5O2/c1-13(2)17-19-15(24-20-17)7-8-16(23)22-11-4-3-6-14(22)12-21-10-5-9-18-21/h5,9-10,13-14H,3-4,6-8,11-12H2,1-2H3/t14-/m1/s1. The van der Waals surface area contributed by atoms with E-state index in [1.165, 1.54) is 0 Å². The van der Waals surface area contributed by atoms with Crippen molar-refractivity contribution in [3.05, 3.63) is 30.2 Å². The lowest BCUT2D eigenvalue weighted by Gasteiger charge is -2.35. The third-order valence-corrected chi connectivity index (χ3v) is 4.46. The Kier molecular flexibility index (Phi) is 5.27. The van der Waals surface area contributed by atoms with Crippen LogP contribution in [0.2, 0.25) is 0 Å². The van der Waals surface area contributed by atoms with Gasteiger partial charge in [-0.15, -0.1) is 0 Å². The molecule has 1 aliphatic heterocycles. The van der Waals surface area contributed by atoms with Crippen LogP contribution in [-0.2, 0) is 17.8 Å². The van der Waals surface area contributed by atoms with Crippen molar-refractivity contribution in [1.29, 1.82) is 0 Å². The molecule has 1 saturated heterocycles. The van der Waals surface area contributed by atoms with Crippen molar-refractivity contribution in [3.63, 3.8) is 0 Å². The van der Waals surface area contributed by atoms with Gasteiger partial charge in [-0.25, -0.2) is 0 Å². The molecule has 0 N–H and O–H groups in total. The molecular formula is C17H25N5O2. The highest BCUT2D eigenvalue weighted by Crippen LogP contribution is 2.20. The first-order valence-corrected chi connectivity index (χ1v) is 8.73. The molecule has 0 saturated carbocycles. The van der Waals surface area contributed by atoms with Crippen molar-refractivity contribution in [2.45, 2.75) is 64.5 Å². The van der Waals surface area contributed by atoms with Crippen molar-refractivity contribution in [2.75, 3.05) is 6.54 Å². The van der Waals surface area contributed by atoms with Gasteiger partial charge in [0, 0.05) is 37.7 Å². The van der Waals surface area contributed by atoms with Gasteiger partial charge >= 0.3 is 0 Å². The van der Waals surface area contributed by atoms with Gasteiger partial charge in [0.25, 0.3) is 0 Å². The van der Waals surface area contributed by atoms with Gasteiger partial charge in [0.2, 0.25) is 11.8 Å². The number of carbonyl (C=O) groups excluding carboxylic acids is 1. The third kappa shape index (κ3) is 4.01. The van der Waals surface area contributed by atoms with Crippen LogP contribution in [0, 0.1) is 0 Å². The molecule has 1 fully saturated rings. The van der Waals surface area contributed by atoms with Crippen LogP contribution in [0.25, 0.3) is 0 Å². The van der Waals surface area contributed by atoms with E-state index in [1.54, 1.807) is 6.20 Å². The molecule has 7 nitrogen and oxygen atoms in total. The highest BCUT2D eigenvalue weighted by Gasteiger charge is 2.27. The molecule has 24 heavy (non-hydrogen) atoms. The number of amides is 1. The van der Waals surface area contributed by atoms with Crippen LogP contribution in [0.4, 0.5) is 0 Å². The minimum Gasteiger partial charge on any atom is -0.339 e. The van der Waals surface area contributed by atoms with Crippen molar-refractivity contribution in [1.82, 2.24) is 24.8 Å². The van der Waals surface area contributed by atoms with Crippen molar-refractivity contribution in [3.8, 4) is 0 Å². The maximum Gasteiger partial charge on any atom is 0.227 e. The summed E-state index contributed by atoms with van der Waals surface area (Å²) in [7, 11) is 0. The molecule has 1 atom stereocenters. The van der Waals surface area contributed by atoms with E-state index < -0.39 is 0 Å². The quantitative estimate of drug-likeness (QED) is 0.812. The maximum absolute atomic E-state index is 12.7. The first-order chi connectivity index (χ1) is 11.6. The van der Waals surface area contributed by atoms with E-state index in [0.717, 1.165) is 32.4 Å². The predicted octanol–water partition coefficient (Wildman–Crippen LogP) is 2.40. The summed E-state index contributed by atoms with van der Waals surface area (Å²) in [6.45, 7) is 5.63. The summed E-state index contributed by atoms with van der Waals surface area (Å²) in [4.78, 5) is 19.0. The van der Waals surface area contributed by atoms with Crippen molar-refractivity contribution in [2.24, 2.45) is 0 Å². The molecule has 0 spiro atoms. The van der Waals surface area contributed by atoms with Gasteiger partial charge in [-0.3, -0.25) is 9.48 Å². The molecule has 2 aromatic rings. The average Bonchev–Trinajstić information content (AvgIpc) is 3.24. The third-order valence-electron chi connectivity index (χ3n) is 4.46. The van der Waals surface area contributed by atoms with Gasteiger partial charge in [0.15, 0.2) is 5.82 Å². The van der Waals surface area contributed by atoms with E-state index in [9.17, 15) is 4.79 Å². The average molecular weight is 331 g/mol. The first kappa shape index (κ1) is 16.7. The number of aromatic nitrogens is 4. The van der Waals surface area contributed by atoms with Gasteiger partial charge in [0.05, 0.1) is 12.6 Å². The Balaban J connectivity index is 1.57. The highest BCUT2D eigenvalue weighted by atomic mass is 16.5. The minimum atomic E-state index is 0.163. The monoisotopic (exact) mass is 331 g/mol. The zero-order valence-corrected chi connectivity index (χ0v) is 14.4. The van der Waals surface area contributed by atoms with Crippen LogP contribution in [0.3, 0.4) is 0 Å². The zero-order chi connectivity index (χ0) is 16.9. The lowest BCUT2D eigenvalue weighted by molar-refractivity contribution is -0.135. The SMILES string of the molecule is CC(C)c1noc(CCC(=O)N2CCCC[C@@H]2Cn2cccn2)n1. The number of rotatable bonds is 6. The Morgan fingerprint density at radius 1 is 1.42 bits per heavy atom. The number of likely N-dealkylation sites (tertiary alicyclic amines) is 1. The van der Waals surface area contributed by atoms with Gasteiger partial charge in [-0.05, 0) is 25.3 Å². The smallest absolute Gasteiger partial charge is 0.227 e. The Hall–Kier alpha value is -2.18. The van der Waals surface area contributed by atoms with Gasteiger partial charge in [-0.2, -0.15) is 10.1 Å². The van der Waals surface area contributed by atoms with Gasteiger partial charge in [0.1, 0.15) is 0 Å². The van der Waals surface area contributed by atoms with Crippen LogP contribution in [0.15, 0.2) is 23.0 Å². The van der Waals surface area contributed by atoms with Crippen LogP contribution in [0.5, 0.6) is 0 Å². The molecule has 0 aliphatic carbocycles. The number of nitrogens with zero attached hydrogens (tertiary/aromatic N) is 5. The van der Waals surface area contributed by atoms with E-state index in [0.29, 0.717) is 24.6 Å². The highest BCUT2D eigenvalue weighted by molar-refractivity contribution is 5.76. The van der Waals surface area contributed by atoms with E-state index in [1.807, 2.05) is 35.7 Å². The molecule has 0 unspecified atom stereocenters. The fourth-order valence-corrected chi connectivity index (χ4v) is 3.10. The molecular weight excluding hydrogens is 306 g/mol. The second-order valence-electron chi connectivity index (χ2n) is 6.67. The second-order valence-corrected chi connectivity index (χ2v) is 6.67. The van der Waals surface area contributed by atoms with Crippen LogP contribution in [-0.4, -0.2) is 43.3 Å². The summed E-state index contributed by atoms with van der Waals surface area (Å²) in [6.07, 6.45) is 7.90. The minimum absolute atomic E-state index is 0.163. The zero-order valence-electron chi connectivity index (χ0n) is 14.4. The number of piperidine rings is 1. The van der Waals surface area contributed by atoms with Crippen LogP contribution >= 0.6 is 0 Å². The lowest BCUT2D eigenvalue weighted by Crippen LogP contribution is -2.46. The lowest BCUT2D eigenvalue weighted by atomic mass is 10.0. The van der Waals surface area contributed by atoms with Crippen LogP contribution < -0.4 is 0 Å². The number of hydrogen-bond donors (Lipinski definition) is 0. The molecule has 3 heterocycles. The Bertz CT molecular complexity index is 650. The summed E-state index contributed by atoms with van der Waals surface area (Å²) in [5, 5.41) is 8.21. The molecule has 2 aromatic heterocycles. The second kappa shape index (κ2) is 7.59. The van der Waals surface area contributed by atoms with Gasteiger partial charge < -0.3 is 9.42 Å². The number of hydrogen-bond acceptors (Lipinski definition) is 5. The summed E-state index contributed by atoms with van der Waals surface area (Å²) in [5.74, 6) is 1.65. The fourth-order valence-electron chi connectivity index (χ4n) is 3.10. The molecule has 0 bridgehead atoms. The first-order valence-electron chi connectivity index (χ1n) is 8.73. The molecule has 7 heteroatoms. The fraction of sp³-hybridized carbons (Fsp3) is 0.647. The molecule has 1 amide bonds. The van der Waals surface area contributed by atoms with E-state index in [4.69, 9.17) is 4.52 Å². The topological polar surface area (TPSA) is 77.0 Å². The molecule has 0 radical (unpaired) electrons. The largest absolute Gasteiger partial charge is 0.339 e. The molecule has 1 aliphatic rings. The normalized spacial score (nSPS) is 18.3. The predicted molar refractivity (Wildman–Crippen MR) is 88.3 cm³/mol. The Labute approximate surface area is 142 Å². The van der Waals surface area contributed by atoms with Crippen LogP contribution in [0.1, 0.15) is 57.2 Å². The summed E-state index contributed by atoms with van der Waals surface area (Å²) in [5.41, 5.74) is 0. The molecule has 130 valence electrons. The van der Waals surface area contributed by atoms with Crippen molar-refractivity contribution < 1.29 is 9.32 Å². The maximum atomic E-state index is 12.7.